The fraction of sp³-hybridized carbons (Fsp3) is 0.333. The molecule has 0 heterocycles. The maximum absolute atomic E-state index is 8.94. The van der Waals surface area contributed by atoms with Gasteiger partial charge in [-0.15, -0.1) is 0 Å². The van der Waals surface area contributed by atoms with Gasteiger partial charge in [0.15, 0.2) is 6.29 Å². The second-order valence-corrected chi connectivity index (χ2v) is 5.69. The van der Waals surface area contributed by atoms with Crippen molar-refractivity contribution in [1.29, 1.82) is 0 Å². The third-order valence-corrected chi connectivity index (χ3v) is 3.66. The lowest BCUT2D eigenvalue weighted by molar-refractivity contribution is -0.0423. The van der Waals surface area contributed by atoms with Crippen molar-refractivity contribution >= 4 is 22.7 Å². The Morgan fingerprint density at radius 2 is 1.56 bits per heavy atom. The summed E-state index contributed by atoms with van der Waals surface area (Å²) in [6.45, 7) is 1.66. The van der Waals surface area contributed by atoms with E-state index in [1.807, 2.05) is 42.5 Å². The summed E-state index contributed by atoms with van der Waals surface area (Å²) in [5.41, 5.74) is 10.4. The molecular formula is C18H26N4O3. The summed E-state index contributed by atoms with van der Waals surface area (Å²) in [6, 6.07) is 13.4. The van der Waals surface area contributed by atoms with Crippen molar-refractivity contribution < 1.29 is 15.3 Å². The standard InChI is InChI=1S/C18H26N4O3/c19-14-1-6-17(21-8-7-18(24)25)13(11-14)12-22-16-4-2-15(3-5-16)20-9-10-23/h1-6,11,18,20-25H,7-10,12,19H2. The van der Waals surface area contributed by atoms with Gasteiger partial charge >= 0.3 is 0 Å². The number of anilines is 4. The van der Waals surface area contributed by atoms with Gasteiger partial charge in [0.1, 0.15) is 0 Å². The Hall–Kier alpha value is -2.48. The number of nitrogen functional groups attached to an aromatic ring is 1. The monoisotopic (exact) mass is 346 g/mol. The van der Waals surface area contributed by atoms with Crippen molar-refractivity contribution in [2.24, 2.45) is 0 Å². The highest BCUT2D eigenvalue weighted by molar-refractivity contribution is 5.60. The third-order valence-electron chi connectivity index (χ3n) is 3.66. The van der Waals surface area contributed by atoms with E-state index in [9.17, 15) is 0 Å². The van der Waals surface area contributed by atoms with Crippen LogP contribution in [-0.2, 0) is 6.54 Å². The summed E-state index contributed by atoms with van der Waals surface area (Å²) < 4.78 is 0. The molecule has 2 rings (SSSR count). The number of rotatable bonds is 10. The maximum Gasteiger partial charge on any atom is 0.153 e. The average Bonchev–Trinajstić information content (AvgIpc) is 2.60. The van der Waals surface area contributed by atoms with Gasteiger partial charge in [-0.2, -0.15) is 0 Å². The Kier molecular flexibility index (Phi) is 7.34. The molecule has 0 saturated heterocycles. The van der Waals surface area contributed by atoms with Gasteiger partial charge in [-0.1, -0.05) is 0 Å². The van der Waals surface area contributed by atoms with Crippen LogP contribution in [0.2, 0.25) is 0 Å². The van der Waals surface area contributed by atoms with E-state index in [0.29, 0.717) is 25.3 Å². The van der Waals surface area contributed by atoms with Crippen molar-refractivity contribution in [3.63, 3.8) is 0 Å². The molecule has 0 amide bonds. The molecule has 0 aliphatic carbocycles. The highest BCUT2D eigenvalue weighted by Crippen LogP contribution is 2.21. The summed E-state index contributed by atoms with van der Waals surface area (Å²) in [6.07, 6.45) is -1.07. The largest absolute Gasteiger partial charge is 0.399 e. The van der Waals surface area contributed by atoms with Crippen LogP contribution in [0.5, 0.6) is 0 Å². The summed E-state index contributed by atoms with van der Waals surface area (Å²) in [5.74, 6) is 0. The molecule has 7 heteroatoms. The molecule has 0 saturated carbocycles. The Labute approximate surface area is 147 Å². The predicted octanol–water partition coefficient (Wildman–Crippen LogP) is 1.40. The van der Waals surface area contributed by atoms with E-state index < -0.39 is 6.29 Å². The topological polar surface area (TPSA) is 123 Å². The molecule has 0 radical (unpaired) electrons. The van der Waals surface area contributed by atoms with E-state index in [4.69, 9.17) is 21.1 Å². The van der Waals surface area contributed by atoms with Gasteiger partial charge in [-0.25, -0.2) is 0 Å². The summed E-state index contributed by atoms with van der Waals surface area (Å²) in [5, 5.41) is 36.3. The zero-order chi connectivity index (χ0) is 18.1. The first-order valence-electron chi connectivity index (χ1n) is 8.25. The highest BCUT2D eigenvalue weighted by Gasteiger charge is 2.05. The van der Waals surface area contributed by atoms with Crippen LogP contribution in [0.1, 0.15) is 12.0 Å². The summed E-state index contributed by atoms with van der Waals surface area (Å²) >= 11 is 0. The van der Waals surface area contributed by atoms with E-state index in [-0.39, 0.29) is 13.0 Å². The lowest BCUT2D eigenvalue weighted by Gasteiger charge is -2.15. The Balaban J connectivity index is 1.95. The van der Waals surface area contributed by atoms with Gasteiger partial charge in [-0.3, -0.25) is 0 Å². The van der Waals surface area contributed by atoms with Gasteiger partial charge in [0.2, 0.25) is 0 Å². The molecule has 0 fully saturated rings. The van der Waals surface area contributed by atoms with E-state index in [1.165, 1.54) is 0 Å². The molecule has 0 aliphatic rings. The fourth-order valence-corrected chi connectivity index (χ4v) is 2.37. The number of nitrogens with two attached hydrogens (primary N) is 1. The first-order chi connectivity index (χ1) is 12.1. The van der Waals surface area contributed by atoms with Crippen LogP contribution in [0.25, 0.3) is 0 Å². The van der Waals surface area contributed by atoms with Gasteiger partial charge in [0.05, 0.1) is 6.61 Å². The van der Waals surface area contributed by atoms with Crippen LogP contribution in [-0.4, -0.2) is 41.3 Å². The minimum Gasteiger partial charge on any atom is -0.399 e. The van der Waals surface area contributed by atoms with E-state index >= 15 is 0 Å². The summed E-state index contributed by atoms with van der Waals surface area (Å²) in [4.78, 5) is 0. The number of benzene rings is 2. The lowest BCUT2D eigenvalue weighted by atomic mass is 10.1. The normalized spacial score (nSPS) is 10.7. The first-order valence-corrected chi connectivity index (χ1v) is 8.25. The predicted molar refractivity (Wildman–Crippen MR) is 102 cm³/mol. The second kappa shape index (κ2) is 9.73. The fourth-order valence-electron chi connectivity index (χ4n) is 2.37. The van der Waals surface area contributed by atoms with Crippen molar-refractivity contribution in [1.82, 2.24) is 0 Å². The molecule has 0 bridgehead atoms. The van der Waals surface area contributed by atoms with Gasteiger partial charge in [0, 0.05) is 48.8 Å². The molecule has 0 spiro atoms. The van der Waals surface area contributed by atoms with E-state index in [0.717, 1.165) is 22.6 Å². The number of aliphatic hydroxyl groups excluding tert-OH is 2. The Bertz CT molecular complexity index is 647. The summed E-state index contributed by atoms with van der Waals surface area (Å²) in [7, 11) is 0. The van der Waals surface area contributed by atoms with Crippen LogP contribution < -0.4 is 21.7 Å². The minimum absolute atomic E-state index is 0.0958. The molecule has 2 aromatic rings. The zero-order valence-electron chi connectivity index (χ0n) is 14.1. The molecule has 2 aromatic carbocycles. The second-order valence-electron chi connectivity index (χ2n) is 5.69. The number of aliphatic hydroxyl groups is 3. The van der Waals surface area contributed by atoms with Crippen molar-refractivity contribution in [2.75, 3.05) is 41.4 Å². The SMILES string of the molecule is Nc1ccc(NCCC(O)O)c(CNc2ccc(NCCO)cc2)c1. The number of hydrogen-bond acceptors (Lipinski definition) is 7. The highest BCUT2D eigenvalue weighted by atomic mass is 16.5. The number of hydrogen-bond donors (Lipinski definition) is 7. The van der Waals surface area contributed by atoms with Crippen molar-refractivity contribution in [3.8, 4) is 0 Å². The van der Waals surface area contributed by atoms with Gasteiger partial charge < -0.3 is 37.0 Å². The molecule has 0 aromatic heterocycles. The van der Waals surface area contributed by atoms with Crippen LogP contribution in [0.3, 0.4) is 0 Å². The van der Waals surface area contributed by atoms with Crippen LogP contribution in [0.4, 0.5) is 22.7 Å². The van der Waals surface area contributed by atoms with E-state index in [2.05, 4.69) is 16.0 Å². The van der Waals surface area contributed by atoms with Crippen LogP contribution in [0.15, 0.2) is 42.5 Å². The lowest BCUT2D eigenvalue weighted by Crippen LogP contribution is -2.14. The zero-order valence-corrected chi connectivity index (χ0v) is 14.1. The molecule has 8 N–H and O–H groups in total. The van der Waals surface area contributed by atoms with Crippen molar-refractivity contribution in [3.05, 3.63) is 48.0 Å². The van der Waals surface area contributed by atoms with E-state index in [1.54, 1.807) is 0 Å². The molecule has 0 unspecified atom stereocenters. The van der Waals surface area contributed by atoms with Crippen LogP contribution >= 0.6 is 0 Å². The number of nitrogens with one attached hydrogen (secondary N) is 3. The third kappa shape index (κ3) is 6.50. The Morgan fingerprint density at radius 1 is 0.880 bits per heavy atom. The quantitative estimate of drug-likeness (QED) is 0.256. The molecule has 0 atom stereocenters. The Morgan fingerprint density at radius 3 is 2.20 bits per heavy atom. The molecule has 7 nitrogen and oxygen atoms in total. The van der Waals surface area contributed by atoms with Gasteiger partial charge in [-0.05, 0) is 48.0 Å². The molecular weight excluding hydrogens is 320 g/mol. The smallest absolute Gasteiger partial charge is 0.153 e. The van der Waals surface area contributed by atoms with Crippen LogP contribution in [0, 0.1) is 0 Å². The molecule has 0 aliphatic heterocycles. The van der Waals surface area contributed by atoms with Gasteiger partial charge in [0.25, 0.3) is 0 Å². The average molecular weight is 346 g/mol. The maximum atomic E-state index is 8.94. The molecule has 25 heavy (non-hydrogen) atoms. The molecule has 136 valence electrons. The van der Waals surface area contributed by atoms with Crippen molar-refractivity contribution in [2.45, 2.75) is 19.3 Å². The minimum atomic E-state index is -1.32. The first kappa shape index (κ1) is 18.9.